The summed E-state index contributed by atoms with van der Waals surface area (Å²) in [5, 5.41) is 0. The van der Waals surface area contributed by atoms with Gasteiger partial charge in [0, 0.05) is 12.6 Å². The molecule has 1 aromatic carbocycles. The van der Waals surface area contributed by atoms with Crippen molar-refractivity contribution in [2.45, 2.75) is 38.1 Å². The number of hydrogen-bond acceptors (Lipinski definition) is 4. The zero-order chi connectivity index (χ0) is 15.2. The molecular formula is C14H24N2O3S. The van der Waals surface area contributed by atoms with Gasteiger partial charge in [-0.2, -0.15) is 0 Å². The van der Waals surface area contributed by atoms with Crippen LogP contribution in [0.15, 0.2) is 29.2 Å². The summed E-state index contributed by atoms with van der Waals surface area (Å²) in [7, 11) is -3.50. The first-order valence-corrected chi connectivity index (χ1v) is 8.31. The minimum absolute atomic E-state index is 0.168. The summed E-state index contributed by atoms with van der Waals surface area (Å²) in [6, 6.07) is 6.23. The molecule has 0 spiro atoms. The highest BCUT2D eigenvalue weighted by Crippen LogP contribution is 2.16. The Morgan fingerprint density at radius 2 is 1.85 bits per heavy atom. The van der Waals surface area contributed by atoms with Crippen molar-refractivity contribution in [2.24, 2.45) is 11.7 Å². The molecule has 0 saturated carbocycles. The molecule has 0 saturated heterocycles. The van der Waals surface area contributed by atoms with Gasteiger partial charge in [-0.05, 0) is 36.6 Å². The van der Waals surface area contributed by atoms with E-state index in [1.807, 2.05) is 6.92 Å². The lowest BCUT2D eigenvalue weighted by molar-refractivity contribution is 0.271. The Kier molecular flexibility index (Phi) is 6.45. The SMILES string of the molecule is CCC(N)CNS(=O)(=O)c1ccc(OCC(C)C)cc1. The average Bonchev–Trinajstić information content (AvgIpc) is 2.43. The van der Waals surface area contributed by atoms with E-state index in [-0.39, 0.29) is 17.5 Å². The quantitative estimate of drug-likeness (QED) is 0.766. The van der Waals surface area contributed by atoms with Crippen LogP contribution in [-0.2, 0) is 10.0 Å². The molecule has 114 valence electrons. The number of nitrogens with one attached hydrogen (secondary N) is 1. The Balaban J connectivity index is 2.67. The minimum Gasteiger partial charge on any atom is -0.493 e. The molecule has 0 aliphatic carbocycles. The van der Waals surface area contributed by atoms with E-state index >= 15 is 0 Å². The third-order valence-corrected chi connectivity index (χ3v) is 4.22. The molecule has 1 unspecified atom stereocenters. The van der Waals surface area contributed by atoms with Crippen molar-refractivity contribution in [3.8, 4) is 5.75 Å². The van der Waals surface area contributed by atoms with Gasteiger partial charge in [-0.15, -0.1) is 0 Å². The number of rotatable bonds is 8. The Bertz CT molecular complexity index is 498. The molecule has 1 aromatic rings. The van der Waals surface area contributed by atoms with E-state index in [0.29, 0.717) is 18.3 Å². The van der Waals surface area contributed by atoms with Crippen molar-refractivity contribution in [1.82, 2.24) is 4.72 Å². The highest BCUT2D eigenvalue weighted by atomic mass is 32.2. The summed E-state index contributed by atoms with van der Waals surface area (Å²) < 4.78 is 32.1. The lowest BCUT2D eigenvalue weighted by atomic mass is 10.2. The van der Waals surface area contributed by atoms with Crippen LogP contribution in [0.1, 0.15) is 27.2 Å². The van der Waals surface area contributed by atoms with Crippen molar-refractivity contribution in [3.63, 3.8) is 0 Å². The summed E-state index contributed by atoms with van der Waals surface area (Å²) in [5.74, 6) is 1.10. The van der Waals surface area contributed by atoms with Crippen LogP contribution in [0.4, 0.5) is 0 Å². The van der Waals surface area contributed by atoms with Gasteiger partial charge in [-0.3, -0.25) is 0 Å². The number of benzene rings is 1. The van der Waals surface area contributed by atoms with Crippen molar-refractivity contribution < 1.29 is 13.2 Å². The lowest BCUT2D eigenvalue weighted by Gasteiger charge is -2.12. The van der Waals surface area contributed by atoms with E-state index < -0.39 is 10.0 Å². The molecule has 0 aliphatic rings. The fraction of sp³-hybridized carbons (Fsp3) is 0.571. The van der Waals surface area contributed by atoms with Crippen molar-refractivity contribution >= 4 is 10.0 Å². The predicted octanol–water partition coefficient (Wildman–Crippen LogP) is 1.74. The van der Waals surface area contributed by atoms with Crippen LogP contribution in [0.5, 0.6) is 5.75 Å². The van der Waals surface area contributed by atoms with Crippen molar-refractivity contribution in [2.75, 3.05) is 13.2 Å². The third kappa shape index (κ3) is 5.48. The standard InChI is InChI=1S/C14H24N2O3S/c1-4-12(15)9-16-20(17,18)14-7-5-13(6-8-14)19-10-11(2)3/h5-8,11-12,16H,4,9-10,15H2,1-3H3. The Hall–Kier alpha value is -1.11. The predicted molar refractivity (Wildman–Crippen MR) is 80.2 cm³/mol. The third-order valence-electron chi connectivity index (χ3n) is 2.78. The highest BCUT2D eigenvalue weighted by molar-refractivity contribution is 7.89. The maximum absolute atomic E-state index is 12.0. The molecule has 3 N–H and O–H groups in total. The van der Waals surface area contributed by atoms with Crippen LogP contribution in [-0.4, -0.2) is 27.6 Å². The lowest BCUT2D eigenvalue weighted by Crippen LogP contribution is -2.36. The molecule has 5 nitrogen and oxygen atoms in total. The molecule has 1 atom stereocenters. The first kappa shape index (κ1) is 16.9. The van der Waals surface area contributed by atoms with Crippen molar-refractivity contribution in [1.29, 1.82) is 0 Å². The van der Waals surface area contributed by atoms with E-state index in [2.05, 4.69) is 18.6 Å². The summed E-state index contributed by atoms with van der Waals surface area (Å²) in [6.45, 7) is 6.87. The number of ether oxygens (including phenoxy) is 1. The number of nitrogens with two attached hydrogens (primary N) is 1. The maximum atomic E-state index is 12.0. The zero-order valence-electron chi connectivity index (χ0n) is 12.3. The van der Waals surface area contributed by atoms with Crippen LogP contribution in [0.25, 0.3) is 0 Å². The Labute approximate surface area is 121 Å². The molecule has 0 aromatic heterocycles. The van der Waals surface area contributed by atoms with E-state index in [9.17, 15) is 8.42 Å². The molecule has 20 heavy (non-hydrogen) atoms. The zero-order valence-corrected chi connectivity index (χ0v) is 13.1. The first-order valence-electron chi connectivity index (χ1n) is 6.83. The summed E-state index contributed by atoms with van der Waals surface area (Å²) >= 11 is 0. The molecule has 0 heterocycles. The molecule has 0 radical (unpaired) electrons. The Morgan fingerprint density at radius 3 is 2.35 bits per heavy atom. The fourth-order valence-electron chi connectivity index (χ4n) is 1.42. The summed E-state index contributed by atoms with van der Waals surface area (Å²) in [5.41, 5.74) is 5.70. The monoisotopic (exact) mass is 300 g/mol. The van der Waals surface area contributed by atoms with Crippen LogP contribution in [0, 0.1) is 5.92 Å². The second-order valence-corrected chi connectivity index (χ2v) is 6.96. The van der Waals surface area contributed by atoms with E-state index in [1.165, 1.54) is 12.1 Å². The molecule has 0 bridgehead atoms. The number of sulfonamides is 1. The molecule has 0 aliphatic heterocycles. The Morgan fingerprint density at radius 1 is 1.25 bits per heavy atom. The number of hydrogen-bond donors (Lipinski definition) is 2. The van der Waals surface area contributed by atoms with Crippen LogP contribution < -0.4 is 15.2 Å². The van der Waals surface area contributed by atoms with Gasteiger partial charge in [-0.1, -0.05) is 20.8 Å². The maximum Gasteiger partial charge on any atom is 0.240 e. The second kappa shape index (κ2) is 7.61. The van der Waals surface area contributed by atoms with E-state index in [1.54, 1.807) is 12.1 Å². The van der Waals surface area contributed by atoms with Gasteiger partial charge in [0.15, 0.2) is 0 Å². The fourth-order valence-corrected chi connectivity index (χ4v) is 2.52. The van der Waals surface area contributed by atoms with Gasteiger partial charge < -0.3 is 10.5 Å². The smallest absolute Gasteiger partial charge is 0.240 e. The van der Waals surface area contributed by atoms with Gasteiger partial charge in [0.2, 0.25) is 10.0 Å². The second-order valence-electron chi connectivity index (χ2n) is 5.20. The van der Waals surface area contributed by atoms with Crippen LogP contribution >= 0.6 is 0 Å². The summed E-state index contributed by atoms with van der Waals surface area (Å²) in [4.78, 5) is 0.220. The highest BCUT2D eigenvalue weighted by Gasteiger charge is 2.14. The topological polar surface area (TPSA) is 81.4 Å². The molecular weight excluding hydrogens is 276 g/mol. The first-order chi connectivity index (χ1) is 9.35. The van der Waals surface area contributed by atoms with Gasteiger partial charge in [0.05, 0.1) is 11.5 Å². The normalized spacial score (nSPS) is 13.4. The van der Waals surface area contributed by atoms with Gasteiger partial charge in [0.1, 0.15) is 5.75 Å². The van der Waals surface area contributed by atoms with Gasteiger partial charge in [-0.25, -0.2) is 13.1 Å². The van der Waals surface area contributed by atoms with Gasteiger partial charge in [0.25, 0.3) is 0 Å². The van der Waals surface area contributed by atoms with Crippen molar-refractivity contribution in [3.05, 3.63) is 24.3 Å². The molecule has 0 fully saturated rings. The molecule has 1 rings (SSSR count). The van der Waals surface area contributed by atoms with Crippen LogP contribution in [0.3, 0.4) is 0 Å². The van der Waals surface area contributed by atoms with E-state index in [4.69, 9.17) is 10.5 Å². The van der Waals surface area contributed by atoms with Gasteiger partial charge >= 0.3 is 0 Å². The summed E-state index contributed by atoms with van der Waals surface area (Å²) in [6.07, 6.45) is 0.727. The van der Waals surface area contributed by atoms with Crippen LogP contribution in [0.2, 0.25) is 0 Å². The minimum atomic E-state index is -3.50. The molecule has 0 amide bonds. The largest absolute Gasteiger partial charge is 0.493 e. The van der Waals surface area contributed by atoms with E-state index in [0.717, 1.165) is 6.42 Å². The molecule has 6 heteroatoms. The average molecular weight is 300 g/mol.